The quantitative estimate of drug-likeness (QED) is 0.490. The lowest BCUT2D eigenvalue weighted by Gasteiger charge is -2.16. The number of hydrogen-bond acceptors (Lipinski definition) is 2. The Hall–Kier alpha value is -3.00. The van der Waals surface area contributed by atoms with Gasteiger partial charge in [0, 0.05) is 5.56 Å². The van der Waals surface area contributed by atoms with Crippen LogP contribution in [-0.4, -0.2) is 11.6 Å². The van der Waals surface area contributed by atoms with Gasteiger partial charge in [-0.25, -0.2) is 0 Å². The highest BCUT2D eigenvalue weighted by atomic mass is 16.1. The summed E-state index contributed by atoms with van der Waals surface area (Å²) in [5, 5.41) is 0. The summed E-state index contributed by atoms with van der Waals surface area (Å²) >= 11 is 0. The van der Waals surface area contributed by atoms with Crippen LogP contribution in [0.2, 0.25) is 0 Å². The Morgan fingerprint density at radius 1 is 0.625 bits per heavy atom. The second-order valence-electron chi connectivity index (χ2n) is 5.69. The van der Waals surface area contributed by atoms with E-state index in [0.29, 0.717) is 5.56 Å². The molecule has 0 N–H and O–H groups in total. The van der Waals surface area contributed by atoms with Crippen LogP contribution in [0.3, 0.4) is 0 Å². The summed E-state index contributed by atoms with van der Waals surface area (Å²) in [5.74, 6) is -0.640. The van der Waals surface area contributed by atoms with Crippen LogP contribution in [0.1, 0.15) is 33.8 Å². The van der Waals surface area contributed by atoms with Crippen LogP contribution in [0, 0.1) is 0 Å². The Balaban J connectivity index is 1.89. The molecule has 0 aliphatic heterocycles. The molecule has 2 heteroatoms. The fraction of sp³-hybridized carbons (Fsp3) is 0.0909. The topological polar surface area (TPSA) is 34.1 Å². The summed E-state index contributed by atoms with van der Waals surface area (Å²) in [6.45, 7) is 0. The van der Waals surface area contributed by atoms with Crippen molar-refractivity contribution in [1.29, 1.82) is 0 Å². The average Bonchev–Trinajstić information content (AvgIpc) is 2.64. The lowest BCUT2D eigenvalue weighted by Crippen LogP contribution is -2.18. The van der Waals surface area contributed by atoms with Crippen LogP contribution in [0.4, 0.5) is 0 Å². The summed E-state index contributed by atoms with van der Waals surface area (Å²) in [7, 11) is 0. The summed E-state index contributed by atoms with van der Waals surface area (Å²) in [6, 6.07) is 28.2. The Labute approximate surface area is 141 Å². The standard InChI is InChI=1S/C22H18O2/c23-20(17-10-4-1-5-11-17)16-21(24)22(18-12-6-2-7-13-18)19-14-8-3-9-15-19/h1-15,22H,16H2. The zero-order valence-electron chi connectivity index (χ0n) is 13.3. The van der Waals surface area contributed by atoms with Crippen molar-refractivity contribution in [2.45, 2.75) is 12.3 Å². The molecule has 0 heterocycles. The number of ketones is 2. The molecule has 0 aromatic heterocycles. The largest absolute Gasteiger partial charge is 0.298 e. The first-order valence-corrected chi connectivity index (χ1v) is 7.96. The molecule has 0 aliphatic rings. The maximum Gasteiger partial charge on any atom is 0.170 e. The number of benzene rings is 3. The van der Waals surface area contributed by atoms with Crippen molar-refractivity contribution in [2.24, 2.45) is 0 Å². The molecule has 118 valence electrons. The molecule has 3 aromatic rings. The molecule has 3 aromatic carbocycles. The predicted octanol–water partition coefficient (Wildman–Crippen LogP) is 4.66. The highest BCUT2D eigenvalue weighted by Crippen LogP contribution is 2.27. The second-order valence-corrected chi connectivity index (χ2v) is 5.69. The summed E-state index contributed by atoms with van der Waals surface area (Å²) in [4.78, 5) is 25.3. The molecule has 0 fully saturated rings. The molecule has 2 nitrogen and oxygen atoms in total. The normalized spacial score (nSPS) is 10.5. The number of rotatable bonds is 6. The maximum atomic E-state index is 12.9. The van der Waals surface area contributed by atoms with Crippen molar-refractivity contribution >= 4 is 11.6 Å². The van der Waals surface area contributed by atoms with E-state index in [-0.39, 0.29) is 18.0 Å². The molecule has 0 saturated carbocycles. The molecule has 24 heavy (non-hydrogen) atoms. The highest BCUT2D eigenvalue weighted by Gasteiger charge is 2.24. The van der Waals surface area contributed by atoms with Crippen molar-refractivity contribution in [3.05, 3.63) is 108 Å². The fourth-order valence-electron chi connectivity index (χ4n) is 2.84. The predicted molar refractivity (Wildman–Crippen MR) is 95.1 cm³/mol. The minimum absolute atomic E-state index is 0.0822. The second kappa shape index (κ2) is 7.51. The van der Waals surface area contributed by atoms with Crippen molar-refractivity contribution in [2.75, 3.05) is 0 Å². The van der Waals surface area contributed by atoms with Gasteiger partial charge in [-0.15, -0.1) is 0 Å². The lowest BCUT2D eigenvalue weighted by atomic mass is 9.85. The van der Waals surface area contributed by atoms with Crippen LogP contribution < -0.4 is 0 Å². The van der Waals surface area contributed by atoms with E-state index in [4.69, 9.17) is 0 Å². The minimum atomic E-state index is -0.417. The molecule has 0 amide bonds. The Morgan fingerprint density at radius 2 is 1.04 bits per heavy atom. The summed E-state index contributed by atoms with van der Waals surface area (Å²) in [6.07, 6.45) is -0.0987. The molecule has 0 unspecified atom stereocenters. The monoisotopic (exact) mass is 314 g/mol. The van der Waals surface area contributed by atoms with Crippen LogP contribution >= 0.6 is 0 Å². The van der Waals surface area contributed by atoms with Crippen LogP contribution in [0.25, 0.3) is 0 Å². The van der Waals surface area contributed by atoms with Gasteiger partial charge in [-0.3, -0.25) is 9.59 Å². The number of carbonyl (C=O) groups is 2. The van der Waals surface area contributed by atoms with Crippen LogP contribution in [-0.2, 0) is 4.79 Å². The maximum absolute atomic E-state index is 12.9. The molecule has 0 saturated heterocycles. The summed E-state index contributed by atoms with van der Waals surface area (Å²) < 4.78 is 0. The molecule has 0 bridgehead atoms. The van der Waals surface area contributed by atoms with Gasteiger partial charge in [-0.05, 0) is 11.1 Å². The van der Waals surface area contributed by atoms with Gasteiger partial charge in [0.25, 0.3) is 0 Å². The zero-order valence-corrected chi connectivity index (χ0v) is 13.3. The van der Waals surface area contributed by atoms with Crippen molar-refractivity contribution in [3.8, 4) is 0 Å². The SMILES string of the molecule is O=C(CC(=O)C(c1ccccc1)c1ccccc1)c1ccccc1. The Bertz CT molecular complexity index is 769. The van der Waals surface area contributed by atoms with Gasteiger partial charge in [0.05, 0.1) is 12.3 Å². The third kappa shape index (κ3) is 3.66. The number of hydrogen-bond donors (Lipinski definition) is 0. The number of Topliss-reactive ketones (excluding diaryl/α,β-unsaturated/α-hetero) is 2. The zero-order chi connectivity index (χ0) is 16.8. The van der Waals surface area contributed by atoms with Gasteiger partial charge in [-0.1, -0.05) is 91.0 Å². The van der Waals surface area contributed by atoms with E-state index >= 15 is 0 Å². The first kappa shape index (κ1) is 15.9. The van der Waals surface area contributed by atoms with Crippen molar-refractivity contribution < 1.29 is 9.59 Å². The molecule has 0 radical (unpaired) electrons. The molecular formula is C22H18O2. The molecule has 0 atom stereocenters. The van der Waals surface area contributed by atoms with E-state index < -0.39 is 5.92 Å². The van der Waals surface area contributed by atoms with E-state index in [1.807, 2.05) is 78.9 Å². The van der Waals surface area contributed by atoms with Gasteiger partial charge in [0.2, 0.25) is 0 Å². The minimum Gasteiger partial charge on any atom is -0.298 e. The lowest BCUT2D eigenvalue weighted by molar-refractivity contribution is -0.118. The van der Waals surface area contributed by atoms with E-state index in [1.54, 1.807) is 12.1 Å². The fourth-order valence-corrected chi connectivity index (χ4v) is 2.84. The smallest absolute Gasteiger partial charge is 0.170 e. The highest BCUT2D eigenvalue weighted by molar-refractivity contribution is 6.10. The van der Waals surface area contributed by atoms with Crippen molar-refractivity contribution in [3.63, 3.8) is 0 Å². The van der Waals surface area contributed by atoms with Crippen LogP contribution in [0.15, 0.2) is 91.0 Å². The van der Waals surface area contributed by atoms with Gasteiger partial charge >= 0.3 is 0 Å². The van der Waals surface area contributed by atoms with Gasteiger partial charge < -0.3 is 0 Å². The molecule has 0 spiro atoms. The first-order valence-electron chi connectivity index (χ1n) is 7.96. The Morgan fingerprint density at radius 3 is 1.50 bits per heavy atom. The van der Waals surface area contributed by atoms with E-state index in [9.17, 15) is 9.59 Å². The third-order valence-electron chi connectivity index (χ3n) is 4.02. The molecule has 0 aliphatic carbocycles. The molecular weight excluding hydrogens is 296 g/mol. The van der Waals surface area contributed by atoms with Gasteiger partial charge in [0.1, 0.15) is 0 Å². The molecule has 3 rings (SSSR count). The number of carbonyl (C=O) groups excluding carboxylic acids is 2. The van der Waals surface area contributed by atoms with E-state index in [1.165, 1.54) is 0 Å². The van der Waals surface area contributed by atoms with E-state index in [2.05, 4.69) is 0 Å². The van der Waals surface area contributed by atoms with Crippen molar-refractivity contribution in [1.82, 2.24) is 0 Å². The summed E-state index contributed by atoms with van der Waals surface area (Å²) in [5.41, 5.74) is 2.40. The van der Waals surface area contributed by atoms with Crippen LogP contribution in [0.5, 0.6) is 0 Å². The van der Waals surface area contributed by atoms with Gasteiger partial charge in [-0.2, -0.15) is 0 Å². The van der Waals surface area contributed by atoms with E-state index in [0.717, 1.165) is 11.1 Å². The van der Waals surface area contributed by atoms with Gasteiger partial charge in [0.15, 0.2) is 11.6 Å². The Kier molecular flexibility index (Phi) is 4.97. The third-order valence-corrected chi connectivity index (χ3v) is 4.02. The average molecular weight is 314 g/mol. The first-order chi connectivity index (χ1) is 11.8.